The molecule has 0 aromatic carbocycles. The van der Waals surface area contributed by atoms with Gasteiger partial charge in [0.2, 0.25) is 0 Å². The summed E-state index contributed by atoms with van der Waals surface area (Å²) < 4.78 is 2.85. The zero-order valence-electron chi connectivity index (χ0n) is 12.1. The van der Waals surface area contributed by atoms with Gasteiger partial charge in [-0.3, -0.25) is 9.67 Å². The number of hydrogen-bond acceptors (Lipinski definition) is 5. The number of fused-ring (bicyclic) bond motifs is 1. The van der Waals surface area contributed by atoms with Crippen LogP contribution in [-0.4, -0.2) is 19.7 Å². The monoisotopic (exact) mass is 331 g/mol. The SMILES string of the molecule is Nc1c(-c2n[nH]c(=S)n2C2CCCCC2)sc2ncccc12. The Bertz CT molecular complexity index is 870. The molecule has 1 saturated carbocycles. The van der Waals surface area contributed by atoms with Crippen LogP contribution in [0.1, 0.15) is 38.1 Å². The van der Waals surface area contributed by atoms with Gasteiger partial charge in [0.1, 0.15) is 4.83 Å². The minimum Gasteiger partial charge on any atom is -0.397 e. The lowest BCUT2D eigenvalue weighted by Gasteiger charge is -2.23. The number of H-pyrrole nitrogens is 1. The van der Waals surface area contributed by atoms with Gasteiger partial charge < -0.3 is 5.73 Å². The van der Waals surface area contributed by atoms with E-state index in [-0.39, 0.29) is 0 Å². The number of nitrogens with zero attached hydrogens (tertiary/aromatic N) is 3. The lowest BCUT2D eigenvalue weighted by atomic mass is 9.95. The average molecular weight is 331 g/mol. The van der Waals surface area contributed by atoms with Gasteiger partial charge in [-0.25, -0.2) is 4.98 Å². The maximum absolute atomic E-state index is 6.35. The molecule has 3 heterocycles. The molecule has 0 radical (unpaired) electrons. The van der Waals surface area contributed by atoms with Gasteiger partial charge in [0.05, 0.1) is 10.6 Å². The Hall–Kier alpha value is -1.73. The van der Waals surface area contributed by atoms with Crippen molar-refractivity contribution in [3.05, 3.63) is 23.1 Å². The van der Waals surface area contributed by atoms with Crippen LogP contribution in [0.15, 0.2) is 18.3 Å². The van der Waals surface area contributed by atoms with Crippen molar-refractivity contribution < 1.29 is 0 Å². The van der Waals surface area contributed by atoms with E-state index in [1.54, 1.807) is 17.5 Å². The highest BCUT2D eigenvalue weighted by molar-refractivity contribution is 7.71. The minimum absolute atomic E-state index is 0.424. The standard InChI is InChI=1S/C15H17N5S2/c16-11-10-7-4-8-17-14(10)22-12(11)13-18-19-15(21)20(13)9-5-2-1-3-6-9/h4,7-9H,1-3,5-6,16H2,(H,19,21). The Morgan fingerprint density at radius 3 is 2.91 bits per heavy atom. The first-order chi connectivity index (χ1) is 10.8. The molecule has 0 amide bonds. The molecule has 7 heteroatoms. The second-order valence-electron chi connectivity index (χ2n) is 5.72. The Kier molecular flexibility index (Phi) is 3.46. The van der Waals surface area contributed by atoms with Crippen LogP contribution < -0.4 is 5.73 Å². The first kappa shape index (κ1) is 13.9. The molecule has 4 rings (SSSR count). The number of pyridine rings is 1. The number of nitrogens with two attached hydrogens (primary N) is 1. The van der Waals surface area contributed by atoms with E-state index in [0.717, 1.165) is 39.4 Å². The van der Waals surface area contributed by atoms with Gasteiger partial charge in [0, 0.05) is 17.6 Å². The Balaban J connectivity index is 1.88. The summed E-state index contributed by atoms with van der Waals surface area (Å²) in [6.07, 6.45) is 7.92. The quantitative estimate of drug-likeness (QED) is 0.687. The third kappa shape index (κ3) is 2.16. The zero-order chi connectivity index (χ0) is 15.1. The highest BCUT2D eigenvalue weighted by Crippen LogP contribution is 2.41. The number of thiophene rings is 1. The Labute approximate surface area is 137 Å². The smallest absolute Gasteiger partial charge is 0.195 e. The van der Waals surface area contributed by atoms with Gasteiger partial charge >= 0.3 is 0 Å². The molecule has 0 saturated heterocycles. The average Bonchev–Trinajstić information content (AvgIpc) is 3.09. The van der Waals surface area contributed by atoms with Crippen LogP contribution in [0.3, 0.4) is 0 Å². The van der Waals surface area contributed by atoms with Crippen molar-refractivity contribution in [2.24, 2.45) is 0 Å². The summed E-state index contributed by atoms with van der Waals surface area (Å²) in [6.45, 7) is 0. The zero-order valence-corrected chi connectivity index (χ0v) is 13.7. The number of rotatable bonds is 2. The largest absolute Gasteiger partial charge is 0.397 e. The number of aromatic nitrogens is 4. The summed E-state index contributed by atoms with van der Waals surface area (Å²) in [5.74, 6) is 0.859. The fraction of sp³-hybridized carbons (Fsp3) is 0.400. The predicted molar refractivity (Wildman–Crippen MR) is 92.6 cm³/mol. The molecule has 5 nitrogen and oxygen atoms in total. The Morgan fingerprint density at radius 1 is 1.32 bits per heavy atom. The van der Waals surface area contributed by atoms with Gasteiger partial charge in [-0.15, -0.1) is 11.3 Å². The summed E-state index contributed by atoms with van der Waals surface area (Å²) in [7, 11) is 0. The molecule has 0 unspecified atom stereocenters. The molecule has 0 bridgehead atoms. The molecular weight excluding hydrogens is 314 g/mol. The van der Waals surface area contributed by atoms with Crippen LogP contribution in [0.25, 0.3) is 20.9 Å². The van der Waals surface area contributed by atoms with Crippen molar-refractivity contribution in [3.63, 3.8) is 0 Å². The van der Waals surface area contributed by atoms with Crippen molar-refractivity contribution in [2.75, 3.05) is 5.73 Å². The van der Waals surface area contributed by atoms with Crippen LogP contribution in [0.5, 0.6) is 0 Å². The number of nitrogen functional groups attached to an aromatic ring is 1. The predicted octanol–water partition coefficient (Wildman–Crippen LogP) is 4.30. The fourth-order valence-electron chi connectivity index (χ4n) is 3.26. The second kappa shape index (κ2) is 5.48. The number of hydrogen-bond donors (Lipinski definition) is 2. The molecule has 0 spiro atoms. The lowest BCUT2D eigenvalue weighted by molar-refractivity contribution is 0.353. The van der Waals surface area contributed by atoms with Gasteiger partial charge in [-0.1, -0.05) is 19.3 Å². The van der Waals surface area contributed by atoms with Crippen molar-refractivity contribution in [3.8, 4) is 10.7 Å². The number of nitrogens with one attached hydrogen (secondary N) is 1. The topological polar surface area (TPSA) is 72.5 Å². The first-order valence-electron chi connectivity index (χ1n) is 7.56. The molecule has 3 aromatic rings. The van der Waals surface area contributed by atoms with E-state index in [1.807, 2.05) is 12.1 Å². The van der Waals surface area contributed by atoms with Gasteiger partial charge in [0.25, 0.3) is 0 Å². The molecule has 114 valence electrons. The molecule has 3 N–H and O–H groups in total. The van der Waals surface area contributed by atoms with E-state index >= 15 is 0 Å². The molecular formula is C15H17N5S2. The van der Waals surface area contributed by atoms with E-state index in [9.17, 15) is 0 Å². The Morgan fingerprint density at radius 2 is 2.14 bits per heavy atom. The van der Waals surface area contributed by atoms with E-state index in [4.69, 9.17) is 18.0 Å². The molecule has 1 aliphatic rings. The summed E-state index contributed by atoms with van der Waals surface area (Å²) in [5, 5.41) is 8.41. The lowest BCUT2D eigenvalue weighted by Crippen LogP contribution is -2.14. The maximum Gasteiger partial charge on any atom is 0.195 e. The molecule has 0 atom stereocenters. The van der Waals surface area contributed by atoms with Crippen molar-refractivity contribution in [1.82, 2.24) is 19.7 Å². The molecule has 0 aliphatic heterocycles. The second-order valence-corrected chi connectivity index (χ2v) is 7.10. The van der Waals surface area contributed by atoms with Crippen LogP contribution in [-0.2, 0) is 0 Å². The first-order valence-corrected chi connectivity index (χ1v) is 8.78. The van der Waals surface area contributed by atoms with Crippen LogP contribution in [0.4, 0.5) is 5.69 Å². The van der Waals surface area contributed by atoms with E-state index in [0.29, 0.717) is 10.8 Å². The molecule has 1 fully saturated rings. The minimum atomic E-state index is 0.424. The van der Waals surface area contributed by atoms with Crippen molar-refractivity contribution in [1.29, 1.82) is 0 Å². The molecule has 3 aromatic heterocycles. The molecule has 22 heavy (non-hydrogen) atoms. The van der Waals surface area contributed by atoms with E-state index < -0.39 is 0 Å². The highest BCUT2D eigenvalue weighted by Gasteiger charge is 2.23. The maximum atomic E-state index is 6.35. The summed E-state index contributed by atoms with van der Waals surface area (Å²) >= 11 is 7.05. The van der Waals surface area contributed by atoms with Gasteiger partial charge in [-0.05, 0) is 37.2 Å². The highest BCUT2D eigenvalue weighted by atomic mass is 32.1. The van der Waals surface area contributed by atoms with Gasteiger partial charge in [-0.2, -0.15) is 5.10 Å². The summed E-state index contributed by atoms with van der Waals surface area (Å²) in [4.78, 5) is 6.31. The third-order valence-corrected chi connectivity index (χ3v) is 5.77. The fourth-order valence-corrected chi connectivity index (χ4v) is 4.59. The van der Waals surface area contributed by atoms with E-state index in [1.165, 1.54) is 19.3 Å². The number of anilines is 1. The van der Waals surface area contributed by atoms with Crippen molar-refractivity contribution in [2.45, 2.75) is 38.1 Å². The van der Waals surface area contributed by atoms with Gasteiger partial charge in [0.15, 0.2) is 10.6 Å². The van der Waals surface area contributed by atoms with Crippen molar-refractivity contribution >= 4 is 39.5 Å². The molecule has 1 aliphatic carbocycles. The van der Waals surface area contributed by atoms with Crippen LogP contribution >= 0.6 is 23.6 Å². The van der Waals surface area contributed by atoms with Crippen LogP contribution in [0.2, 0.25) is 0 Å². The summed E-state index contributed by atoms with van der Waals surface area (Å²) in [5.41, 5.74) is 7.10. The normalized spacial score (nSPS) is 16.4. The number of aromatic amines is 1. The summed E-state index contributed by atoms with van der Waals surface area (Å²) in [6, 6.07) is 4.34. The van der Waals surface area contributed by atoms with Crippen LogP contribution in [0, 0.1) is 4.77 Å². The van der Waals surface area contributed by atoms with E-state index in [2.05, 4.69) is 19.7 Å². The third-order valence-electron chi connectivity index (χ3n) is 4.35.